The molecular weight excluding hydrogens is 380 g/mol. The van der Waals surface area contributed by atoms with E-state index in [4.69, 9.17) is 32.4 Å². The number of nitrogens with one attached hydrogen (secondary N) is 1. The smallest absolute Gasteiger partial charge is 0.271 e. The van der Waals surface area contributed by atoms with E-state index in [1.807, 2.05) is 0 Å². The summed E-state index contributed by atoms with van der Waals surface area (Å²) in [6, 6.07) is 8.38. The van der Waals surface area contributed by atoms with E-state index in [2.05, 4.69) is 0 Å². The molecule has 9 heteroatoms. The van der Waals surface area contributed by atoms with Crippen LogP contribution in [0.2, 0.25) is 0 Å². The monoisotopic (exact) mass is 397 g/mol. The number of hydrogen-bond donors (Lipinski definition) is 2. The Morgan fingerprint density at radius 3 is 2.22 bits per heavy atom. The van der Waals surface area contributed by atoms with Crippen molar-refractivity contribution < 1.29 is 23.0 Å². The van der Waals surface area contributed by atoms with Crippen molar-refractivity contribution in [2.45, 2.75) is 12.6 Å². The normalized spacial score (nSPS) is 11.7. The van der Waals surface area contributed by atoms with Crippen molar-refractivity contribution in [2.75, 3.05) is 14.2 Å². The first kappa shape index (κ1) is 20.6. The Hall–Kier alpha value is -2.71. The number of halogens is 3. The lowest BCUT2D eigenvalue weighted by atomic mass is 10.1. The minimum Gasteiger partial charge on any atom is -0.497 e. The van der Waals surface area contributed by atoms with Gasteiger partial charge >= 0.3 is 0 Å². The highest BCUT2D eigenvalue weighted by molar-refractivity contribution is 6.21. The summed E-state index contributed by atoms with van der Waals surface area (Å²) in [6.07, 6.45) is -1.56. The Bertz CT molecular complexity index is 823. The van der Waals surface area contributed by atoms with Crippen LogP contribution in [-0.4, -0.2) is 30.4 Å². The van der Waals surface area contributed by atoms with Crippen molar-refractivity contribution in [3.63, 3.8) is 0 Å². The molecule has 1 atom stereocenters. The number of amides is 1. The average Bonchev–Trinajstić information content (AvgIpc) is 2.64. The first-order valence-corrected chi connectivity index (χ1v) is 8.08. The molecule has 0 aliphatic carbocycles. The number of carbonyl (C=O) groups excluding carboxylic acids is 1. The number of hydrogen-bond acceptors (Lipinski definition) is 4. The topological polar surface area (TPSA) is 88.6 Å². The molecule has 27 heavy (non-hydrogen) atoms. The molecule has 0 saturated heterocycles. The first-order chi connectivity index (χ1) is 12.8. The fourth-order valence-electron chi connectivity index (χ4n) is 2.43. The number of nitrogen functional groups attached to an aromatic ring is 1. The number of nitrogens with two attached hydrogens (primary N) is 1. The predicted molar refractivity (Wildman–Crippen MR) is 96.5 cm³/mol. The maximum absolute atomic E-state index is 14.3. The van der Waals surface area contributed by atoms with Gasteiger partial charge < -0.3 is 15.2 Å². The Morgan fingerprint density at radius 2 is 1.78 bits per heavy atom. The zero-order valence-corrected chi connectivity index (χ0v) is 15.4. The molecule has 0 aromatic heterocycles. The zero-order valence-electron chi connectivity index (χ0n) is 14.6. The number of carbonyl (C=O) groups is 1. The van der Waals surface area contributed by atoms with Crippen LogP contribution in [-0.2, 0) is 16.1 Å². The van der Waals surface area contributed by atoms with Gasteiger partial charge in [0.15, 0.2) is 6.10 Å². The minimum atomic E-state index is -1.56. The van der Waals surface area contributed by atoms with Crippen molar-refractivity contribution in [3.8, 4) is 5.75 Å². The molecular formula is C18H18ClF2N3O3. The van der Waals surface area contributed by atoms with Gasteiger partial charge in [-0.05, 0) is 5.56 Å². The first-order valence-electron chi connectivity index (χ1n) is 7.74. The molecule has 2 rings (SSSR count). The third kappa shape index (κ3) is 4.72. The van der Waals surface area contributed by atoms with E-state index in [0.29, 0.717) is 11.1 Å². The Morgan fingerprint density at radius 1 is 1.22 bits per heavy atom. The van der Waals surface area contributed by atoms with Crippen molar-refractivity contribution in [3.05, 3.63) is 64.7 Å². The summed E-state index contributed by atoms with van der Waals surface area (Å²) < 4.78 is 39.1. The molecule has 6 nitrogen and oxygen atoms in total. The van der Waals surface area contributed by atoms with E-state index in [0.717, 1.165) is 23.7 Å². The molecule has 0 aliphatic heterocycles. The summed E-state index contributed by atoms with van der Waals surface area (Å²) in [5.41, 5.74) is 5.98. The Kier molecular flexibility index (Phi) is 6.70. The van der Waals surface area contributed by atoms with E-state index in [1.165, 1.54) is 7.11 Å². The summed E-state index contributed by atoms with van der Waals surface area (Å²) in [6.45, 7) is -0.0438. The molecule has 1 amide bonds. The van der Waals surface area contributed by atoms with Crippen molar-refractivity contribution in [1.82, 2.24) is 4.42 Å². The van der Waals surface area contributed by atoms with E-state index < -0.39 is 29.2 Å². The molecule has 0 saturated carbocycles. The van der Waals surface area contributed by atoms with Crippen LogP contribution < -0.4 is 10.5 Å². The van der Waals surface area contributed by atoms with Gasteiger partial charge in [-0.2, -0.15) is 0 Å². The third-order valence-corrected chi connectivity index (χ3v) is 4.12. The van der Waals surface area contributed by atoms with E-state index in [1.54, 1.807) is 24.3 Å². The van der Waals surface area contributed by atoms with Crippen LogP contribution >= 0.6 is 11.8 Å². The Balaban J connectivity index is 2.22. The van der Waals surface area contributed by atoms with E-state index in [-0.39, 0.29) is 18.1 Å². The van der Waals surface area contributed by atoms with Crippen LogP contribution in [0.25, 0.3) is 0 Å². The van der Waals surface area contributed by atoms with Gasteiger partial charge in [0.05, 0.1) is 19.2 Å². The number of amidine groups is 1. The maximum Gasteiger partial charge on any atom is 0.271 e. The van der Waals surface area contributed by atoms with Gasteiger partial charge in [-0.25, -0.2) is 13.2 Å². The summed E-state index contributed by atoms with van der Waals surface area (Å²) >= 11 is 6.02. The second kappa shape index (κ2) is 8.79. The van der Waals surface area contributed by atoms with Gasteiger partial charge in [0, 0.05) is 36.6 Å². The van der Waals surface area contributed by atoms with Crippen LogP contribution in [0, 0.1) is 17.0 Å². The van der Waals surface area contributed by atoms with Crippen LogP contribution in [0.5, 0.6) is 5.75 Å². The fraction of sp³-hybridized carbons (Fsp3) is 0.222. The van der Waals surface area contributed by atoms with Crippen LogP contribution in [0.1, 0.15) is 22.8 Å². The number of methoxy groups -OCH3 is 2. The highest BCUT2D eigenvalue weighted by Crippen LogP contribution is 2.29. The maximum atomic E-state index is 14.3. The van der Waals surface area contributed by atoms with Crippen molar-refractivity contribution in [2.24, 2.45) is 5.73 Å². The number of nitrogens with zero attached hydrogens (tertiary/aromatic N) is 1. The standard InChI is InChI=1S/C18H18ClF2N3O3/c1-26-12-7-13(20)15(14(21)8-12)16(27-2)18(25)24(19)9-10-3-5-11(6-4-10)17(22)23/h3-8,16H,9H2,1-2H3,(H3,22,23). The van der Waals surface area contributed by atoms with Gasteiger partial charge in [-0.3, -0.25) is 10.2 Å². The largest absolute Gasteiger partial charge is 0.497 e. The molecule has 0 aliphatic rings. The second-order valence-corrected chi connectivity index (χ2v) is 6.00. The molecule has 0 bridgehead atoms. The van der Waals surface area contributed by atoms with Gasteiger partial charge in [0.1, 0.15) is 23.2 Å². The predicted octanol–water partition coefficient (Wildman–Crippen LogP) is 3.13. The van der Waals surface area contributed by atoms with Crippen molar-refractivity contribution in [1.29, 1.82) is 5.41 Å². The summed E-state index contributed by atoms with van der Waals surface area (Å²) in [7, 11) is 2.42. The summed E-state index contributed by atoms with van der Waals surface area (Å²) in [5.74, 6) is -2.92. The SMILES string of the molecule is COc1cc(F)c(C(OC)C(=O)N(Cl)Cc2ccc(C(=N)N)cc2)c(F)c1. The fourth-order valence-corrected chi connectivity index (χ4v) is 2.65. The van der Waals surface area contributed by atoms with Crippen LogP contribution in [0.15, 0.2) is 36.4 Å². The van der Waals surface area contributed by atoms with Crippen LogP contribution in [0.4, 0.5) is 8.78 Å². The minimum absolute atomic E-state index is 0.0238. The molecule has 3 N–H and O–H groups in total. The number of rotatable bonds is 7. The lowest BCUT2D eigenvalue weighted by Crippen LogP contribution is -2.29. The van der Waals surface area contributed by atoms with Gasteiger partial charge in [-0.15, -0.1) is 0 Å². The Labute approximate surface area is 160 Å². The molecule has 1 unspecified atom stereocenters. The van der Waals surface area contributed by atoms with E-state index >= 15 is 0 Å². The zero-order chi connectivity index (χ0) is 20.1. The lowest BCUT2D eigenvalue weighted by molar-refractivity contribution is -0.138. The lowest BCUT2D eigenvalue weighted by Gasteiger charge is -2.22. The molecule has 0 spiro atoms. The molecule has 2 aromatic carbocycles. The van der Waals surface area contributed by atoms with Gasteiger partial charge in [0.2, 0.25) is 0 Å². The van der Waals surface area contributed by atoms with Crippen molar-refractivity contribution >= 4 is 23.5 Å². The van der Waals surface area contributed by atoms with Gasteiger partial charge in [-0.1, -0.05) is 24.3 Å². The molecule has 0 fully saturated rings. The van der Waals surface area contributed by atoms with Crippen LogP contribution in [0.3, 0.4) is 0 Å². The quantitative estimate of drug-likeness (QED) is 0.427. The van der Waals surface area contributed by atoms with Gasteiger partial charge in [0.25, 0.3) is 5.91 Å². The molecule has 144 valence electrons. The highest BCUT2D eigenvalue weighted by Gasteiger charge is 2.31. The molecule has 2 aromatic rings. The third-order valence-electron chi connectivity index (χ3n) is 3.84. The number of ether oxygens (including phenoxy) is 2. The molecule has 0 radical (unpaired) electrons. The second-order valence-electron chi connectivity index (χ2n) is 5.59. The molecule has 0 heterocycles. The average molecular weight is 398 g/mol. The summed E-state index contributed by atoms with van der Waals surface area (Å²) in [4.78, 5) is 12.6. The highest BCUT2D eigenvalue weighted by atomic mass is 35.5. The number of benzene rings is 2. The summed E-state index contributed by atoms with van der Waals surface area (Å²) in [5, 5.41) is 7.35. The van der Waals surface area contributed by atoms with E-state index in [9.17, 15) is 13.6 Å².